The number of carbonyl (C=O) groups is 1. The normalized spacial score (nSPS) is 11.7. The molecule has 116 valence electrons. The Hall–Kier alpha value is -1.05. The van der Waals surface area contributed by atoms with E-state index >= 15 is 0 Å². The second kappa shape index (κ2) is 16.0. The molecular weight excluding hydrogens is 248 g/mol. The molecule has 0 aliphatic rings. The highest BCUT2D eigenvalue weighted by atomic mass is 16.4. The van der Waals surface area contributed by atoms with E-state index in [4.69, 9.17) is 5.11 Å². The van der Waals surface area contributed by atoms with Crippen molar-refractivity contribution in [1.29, 1.82) is 0 Å². The average Bonchev–Trinajstić information content (AvgIpc) is 2.43. The molecule has 0 rings (SSSR count). The number of carboxylic acid groups (broad SMARTS) is 1. The topological polar surface area (TPSA) is 37.3 Å². The number of carboxylic acids is 1. The Labute approximate surface area is 125 Å². The van der Waals surface area contributed by atoms with E-state index in [1.165, 1.54) is 44.9 Å². The highest BCUT2D eigenvalue weighted by molar-refractivity contribution is 5.66. The van der Waals surface area contributed by atoms with Crippen LogP contribution in [0.25, 0.3) is 0 Å². The van der Waals surface area contributed by atoms with Crippen LogP contribution in [0.15, 0.2) is 24.3 Å². The fourth-order valence-electron chi connectivity index (χ4n) is 2.08. The van der Waals surface area contributed by atoms with Gasteiger partial charge in [-0.25, -0.2) is 0 Å². The summed E-state index contributed by atoms with van der Waals surface area (Å²) in [7, 11) is 0. The molecule has 0 aromatic carbocycles. The summed E-state index contributed by atoms with van der Waals surface area (Å²) in [4.78, 5) is 10.3. The van der Waals surface area contributed by atoms with Crippen LogP contribution in [0, 0.1) is 0 Å². The van der Waals surface area contributed by atoms with E-state index in [1.54, 1.807) is 0 Å². The van der Waals surface area contributed by atoms with Crippen LogP contribution in [-0.4, -0.2) is 11.1 Å². The third kappa shape index (κ3) is 16.9. The average molecular weight is 280 g/mol. The highest BCUT2D eigenvalue weighted by Crippen LogP contribution is 2.07. The minimum Gasteiger partial charge on any atom is -0.481 e. The van der Waals surface area contributed by atoms with Crippen LogP contribution in [0.3, 0.4) is 0 Å². The molecule has 0 atom stereocenters. The van der Waals surface area contributed by atoms with Gasteiger partial charge < -0.3 is 5.11 Å². The quantitative estimate of drug-likeness (QED) is 0.318. The highest BCUT2D eigenvalue weighted by Gasteiger charge is 1.92. The van der Waals surface area contributed by atoms with Crippen LogP contribution >= 0.6 is 0 Å². The Kier molecular flexibility index (Phi) is 15.2. The van der Waals surface area contributed by atoms with Crippen molar-refractivity contribution in [1.82, 2.24) is 0 Å². The lowest BCUT2D eigenvalue weighted by Gasteiger charge is -1.97. The van der Waals surface area contributed by atoms with Crippen LogP contribution in [-0.2, 0) is 4.79 Å². The van der Waals surface area contributed by atoms with Crippen molar-refractivity contribution in [2.24, 2.45) is 0 Å². The summed E-state index contributed by atoms with van der Waals surface area (Å²) >= 11 is 0. The molecule has 0 spiro atoms. The monoisotopic (exact) mass is 280 g/mol. The number of hydrogen-bond donors (Lipinski definition) is 1. The maximum Gasteiger partial charge on any atom is 0.303 e. The maximum atomic E-state index is 10.3. The SMILES string of the molecule is CCCCCCCC/C=C/CC/C=C/CCCC(=O)O. The van der Waals surface area contributed by atoms with Gasteiger partial charge in [-0.05, 0) is 38.5 Å². The first-order valence-corrected chi connectivity index (χ1v) is 8.29. The molecule has 0 fully saturated rings. The Morgan fingerprint density at radius 3 is 1.85 bits per heavy atom. The second-order valence-corrected chi connectivity index (χ2v) is 5.36. The lowest BCUT2D eigenvalue weighted by Crippen LogP contribution is -1.92. The van der Waals surface area contributed by atoms with Gasteiger partial charge in [-0.3, -0.25) is 4.79 Å². The number of hydrogen-bond acceptors (Lipinski definition) is 1. The van der Waals surface area contributed by atoms with Crippen molar-refractivity contribution in [3.05, 3.63) is 24.3 Å². The molecule has 0 saturated carbocycles. The molecule has 0 unspecified atom stereocenters. The van der Waals surface area contributed by atoms with Crippen LogP contribution in [0.4, 0.5) is 0 Å². The molecule has 1 N–H and O–H groups in total. The Morgan fingerprint density at radius 1 is 0.750 bits per heavy atom. The Bertz CT molecular complexity index is 267. The van der Waals surface area contributed by atoms with Crippen molar-refractivity contribution < 1.29 is 9.90 Å². The van der Waals surface area contributed by atoms with E-state index in [9.17, 15) is 4.79 Å². The van der Waals surface area contributed by atoms with Gasteiger partial charge in [0.25, 0.3) is 0 Å². The van der Waals surface area contributed by atoms with E-state index in [-0.39, 0.29) is 6.42 Å². The summed E-state index contributed by atoms with van der Waals surface area (Å²) < 4.78 is 0. The van der Waals surface area contributed by atoms with Crippen LogP contribution in [0.1, 0.15) is 84.0 Å². The van der Waals surface area contributed by atoms with Crippen molar-refractivity contribution in [2.45, 2.75) is 84.0 Å². The van der Waals surface area contributed by atoms with Gasteiger partial charge in [0.05, 0.1) is 0 Å². The zero-order valence-electron chi connectivity index (χ0n) is 13.2. The largest absolute Gasteiger partial charge is 0.481 e. The third-order valence-electron chi connectivity index (χ3n) is 3.32. The molecule has 0 saturated heterocycles. The van der Waals surface area contributed by atoms with E-state index in [2.05, 4.69) is 31.2 Å². The fraction of sp³-hybridized carbons (Fsp3) is 0.722. The fourth-order valence-corrected chi connectivity index (χ4v) is 2.08. The van der Waals surface area contributed by atoms with Gasteiger partial charge in [0, 0.05) is 6.42 Å². The summed E-state index contributed by atoms with van der Waals surface area (Å²) in [6, 6.07) is 0. The van der Waals surface area contributed by atoms with Crippen molar-refractivity contribution in [3.63, 3.8) is 0 Å². The Morgan fingerprint density at radius 2 is 1.25 bits per heavy atom. The summed E-state index contributed by atoms with van der Waals surface area (Å²) in [6.45, 7) is 2.25. The second-order valence-electron chi connectivity index (χ2n) is 5.36. The van der Waals surface area contributed by atoms with Crippen LogP contribution in [0.5, 0.6) is 0 Å². The minimum absolute atomic E-state index is 0.280. The van der Waals surface area contributed by atoms with Crippen LogP contribution in [0.2, 0.25) is 0 Å². The summed E-state index contributed by atoms with van der Waals surface area (Å²) in [5, 5.41) is 8.48. The first kappa shape index (κ1) is 18.9. The van der Waals surface area contributed by atoms with Gasteiger partial charge in [-0.1, -0.05) is 63.3 Å². The number of unbranched alkanes of at least 4 members (excludes halogenated alkanes) is 8. The first-order valence-electron chi connectivity index (χ1n) is 8.29. The molecule has 0 aromatic rings. The van der Waals surface area contributed by atoms with Gasteiger partial charge in [0.2, 0.25) is 0 Å². The predicted octanol–water partition coefficient (Wildman–Crippen LogP) is 5.88. The van der Waals surface area contributed by atoms with Crippen LogP contribution < -0.4 is 0 Å². The van der Waals surface area contributed by atoms with Crippen molar-refractivity contribution >= 4 is 5.97 Å². The van der Waals surface area contributed by atoms with Gasteiger partial charge in [-0.15, -0.1) is 0 Å². The molecule has 0 radical (unpaired) electrons. The van der Waals surface area contributed by atoms with Gasteiger partial charge >= 0.3 is 5.97 Å². The van der Waals surface area contributed by atoms with E-state index in [0.29, 0.717) is 0 Å². The molecule has 2 nitrogen and oxygen atoms in total. The standard InChI is InChI=1S/C18H32O2/c1-2-3-4-5-6-7-8-9-10-11-12-13-14-15-16-17-18(19)20/h9-10,13-14H,2-8,11-12,15-17H2,1H3,(H,19,20)/b10-9+,14-13+. The number of allylic oxidation sites excluding steroid dienone is 4. The molecular formula is C18H32O2. The van der Waals surface area contributed by atoms with Crippen molar-refractivity contribution in [2.75, 3.05) is 0 Å². The maximum absolute atomic E-state index is 10.3. The molecule has 0 aromatic heterocycles. The molecule has 2 heteroatoms. The van der Waals surface area contributed by atoms with Crippen molar-refractivity contribution in [3.8, 4) is 0 Å². The molecule has 0 amide bonds. The van der Waals surface area contributed by atoms with Gasteiger partial charge in [0.15, 0.2) is 0 Å². The molecule has 0 aliphatic heterocycles. The van der Waals surface area contributed by atoms with E-state index in [1.807, 2.05) is 0 Å². The zero-order chi connectivity index (χ0) is 14.9. The first-order chi connectivity index (χ1) is 9.77. The zero-order valence-corrected chi connectivity index (χ0v) is 13.2. The molecule has 0 heterocycles. The minimum atomic E-state index is -0.698. The van der Waals surface area contributed by atoms with E-state index in [0.717, 1.165) is 25.7 Å². The summed E-state index contributed by atoms with van der Waals surface area (Å²) in [5.41, 5.74) is 0. The molecule has 0 aliphatic carbocycles. The number of aliphatic carboxylic acids is 1. The Balaban J connectivity index is 3.19. The number of rotatable bonds is 14. The lowest BCUT2D eigenvalue weighted by molar-refractivity contribution is -0.137. The van der Waals surface area contributed by atoms with E-state index < -0.39 is 5.97 Å². The smallest absolute Gasteiger partial charge is 0.303 e. The third-order valence-corrected chi connectivity index (χ3v) is 3.32. The molecule has 0 bridgehead atoms. The summed E-state index contributed by atoms with van der Waals surface area (Å²) in [5.74, 6) is -0.698. The lowest BCUT2D eigenvalue weighted by atomic mass is 10.1. The predicted molar refractivity (Wildman–Crippen MR) is 87.0 cm³/mol. The molecule has 20 heavy (non-hydrogen) atoms. The van der Waals surface area contributed by atoms with Gasteiger partial charge in [-0.2, -0.15) is 0 Å². The van der Waals surface area contributed by atoms with Gasteiger partial charge in [0.1, 0.15) is 0 Å². The summed E-state index contributed by atoms with van der Waals surface area (Å²) in [6.07, 6.45) is 22.3.